The zero-order chi connectivity index (χ0) is 21.7. The van der Waals surface area contributed by atoms with Crippen LogP contribution in [0.25, 0.3) is 0 Å². The molecule has 1 aliphatic rings. The first-order valence-corrected chi connectivity index (χ1v) is 11.5. The van der Waals surface area contributed by atoms with E-state index in [0.717, 1.165) is 25.3 Å². The van der Waals surface area contributed by atoms with E-state index in [0.29, 0.717) is 0 Å². The smallest absolute Gasteiger partial charge is 0.0767 e. The molecule has 1 heterocycles. The molecule has 1 aliphatic heterocycles. The van der Waals surface area contributed by atoms with E-state index in [1.165, 1.54) is 29.8 Å². The van der Waals surface area contributed by atoms with Crippen molar-refractivity contribution in [1.29, 1.82) is 0 Å². The van der Waals surface area contributed by atoms with Gasteiger partial charge in [-0.15, -0.1) is 0 Å². The van der Waals surface area contributed by atoms with Crippen molar-refractivity contribution in [2.45, 2.75) is 38.8 Å². The van der Waals surface area contributed by atoms with Crippen LogP contribution in [0.1, 0.15) is 44.4 Å². The van der Waals surface area contributed by atoms with E-state index in [9.17, 15) is 0 Å². The Kier molecular flexibility index (Phi) is 6.62. The summed E-state index contributed by atoms with van der Waals surface area (Å²) < 4.78 is 0. The van der Waals surface area contributed by atoms with Crippen LogP contribution < -0.4 is 10.2 Å². The summed E-state index contributed by atoms with van der Waals surface area (Å²) in [6, 6.07) is 30.4. The van der Waals surface area contributed by atoms with Crippen molar-refractivity contribution in [3.63, 3.8) is 0 Å². The fraction of sp³-hybridized carbons (Fsp3) is 0.357. The van der Waals surface area contributed by atoms with Gasteiger partial charge in [0.05, 0.1) is 6.04 Å². The lowest BCUT2D eigenvalue weighted by Gasteiger charge is -2.34. The first-order chi connectivity index (χ1) is 15.0. The average Bonchev–Trinajstić information content (AvgIpc) is 3.06. The van der Waals surface area contributed by atoms with Crippen LogP contribution >= 0.6 is 0 Å². The summed E-state index contributed by atoms with van der Waals surface area (Å²) in [7, 11) is 0. The standard InChI is InChI=1S/C28H35N3/c1-28(2,3)31-19-11-18-30(20-21-31)26-17-10-16-25(22-26)29-27(23-12-6-4-7-13-23)24-14-8-5-9-15-24/h4-10,12-17,22,27,29H,11,18-21H2,1-3H3. The predicted octanol–water partition coefficient (Wildman–Crippen LogP) is 6.20. The first-order valence-electron chi connectivity index (χ1n) is 11.5. The molecule has 1 N–H and O–H groups in total. The highest BCUT2D eigenvalue weighted by Crippen LogP contribution is 2.29. The van der Waals surface area contributed by atoms with Crippen molar-refractivity contribution in [2.24, 2.45) is 0 Å². The highest BCUT2D eigenvalue weighted by atomic mass is 15.2. The molecule has 0 atom stereocenters. The summed E-state index contributed by atoms with van der Waals surface area (Å²) in [5, 5.41) is 3.80. The second-order valence-corrected chi connectivity index (χ2v) is 9.45. The number of hydrogen-bond donors (Lipinski definition) is 1. The molecule has 0 aliphatic carbocycles. The average molecular weight is 414 g/mol. The van der Waals surface area contributed by atoms with Gasteiger partial charge in [-0.25, -0.2) is 0 Å². The zero-order valence-corrected chi connectivity index (χ0v) is 19.1. The monoisotopic (exact) mass is 413 g/mol. The molecule has 3 aromatic rings. The van der Waals surface area contributed by atoms with Gasteiger partial charge >= 0.3 is 0 Å². The van der Waals surface area contributed by atoms with E-state index in [2.05, 4.69) is 121 Å². The molecule has 0 amide bonds. The minimum absolute atomic E-state index is 0.123. The van der Waals surface area contributed by atoms with Crippen LogP contribution in [0.4, 0.5) is 11.4 Å². The van der Waals surface area contributed by atoms with Crippen LogP contribution in [0.2, 0.25) is 0 Å². The third-order valence-electron chi connectivity index (χ3n) is 6.23. The van der Waals surface area contributed by atoms with Crippen molar-refractivity contribution < 1.29 is 0 Å². The molecule has 162 valence electrons. The van der Waals surface area contributed by atoms with Gasteiger partial charge in [-0.05, 0) is 56.5 Å². The third-order valence-corrected chi connectivity index (χ3v) is 6.23. The van der Waals surface area contributed by atoms with Gasteiger partial charge in [0.1, 0.15) is 0 Å². The topological polar surface area (TPSA) is 18.5 Å². The number of nitrogens with one attached hydrogen (secondary N) is 1. The molecule has 0 spiro atoms. The minimum atomic E-state index is 0.123. The Morgan fingerprint density at radius 1 is 0.710 bits per heavy atom. The van der Waals surface area contributed by atoms with E-state index in [-0.39, 0.29) is 11.6 Å². The van der Waals surface area contributed by atoms with Crippen LogP contribution in [0, 0.1) is 0 Å². The number of anilines is 2. The molecule has 1 saturated heterocycles. The first kappa shape index (κ1) is 21.5. The second-order valence-electron chi connectivity index (χ2n) is 9.45. The van der Waals surface area contributed by atoms with Gasteiger partial charge in [-0.3, -0.25) is 4.90 Å². The maximum atomic E-state index is 3.80. The molecule has 0 unspecified atom stereocenters. The van der Waals surface area contributed by atoms with Crippen molar-refractivity contribution in [2.75, 3.05) is 36.4 Å². The van der Waals surface area contributed by atoms with Crippen molar-refractivity contribution in [1.82, 2.24) is 4.90 Å². The summed E-state index contributed by atoms with van der Waals surface area (Å²) in [6.45, 7) is 11.4. The highest BCUT2D eigenvalue weighted by Gasteiger charge is 2.24. The number of rotatable bonds is 5. The molecule has 3 aromatic carbocycles. The lowest BCUT2D eigenvalue weighted by atomic mass is 9.98. The van der Waals surface area contributed by atoms with Crippen molar-refractivity contribution >= 4 is 11.4 Å². The quantitative estimate of drug-likeness (QED) is 0.537. The molecule has 1 fully saturated rings. The van der Waals surface area contributed by atoms with E-state index >= 15 is 0 Å². The normalized spacial score (nSPS) is 15.7. The van der Waals surface area contributed by atoms with Crippen LogP contribution in [0.3, 0.4) is 0 Å². The van der Waals surface area contributed by atoms with E-state index in [4.69, 9.17) is 0 Å². The zero-order valence-electron chi connectivity index (χ0n) is 19.1. The van der Waals surface area contributed by atoms with Crippen LogP contribution in [-0.4, -0.2) is 36.6 Å². The molecule has 31 heavy (non-hydrogen) atoms. The molecule has 3 nitrogen and oxygen atoms in total. The Hall–Kier alpha value is -2.78. The van der Waals surface area contributed by atoms with Gasteiger partial charge < -0.3 is 10.2 Å². The predicted molar refractivity (Wildman–Crippen MR) is 133 cm³/mol. The summed E-state index contributed by atoms with van der Waals surface area (Å²) in [4.78, 5) is 5.15. The van der Waals surface area contributed by atoms with Crippen LogP contribution in [0.15, 0.2) is 84.9 Å². The van der Waals surface area contributed by atoms with E-state index in [1.807, 2.05) is 0 Å². The number of hydrogen-bond acceptors (Lipinski definition) is 3. The van der Waals surface area contributed by atoms with Gasteiger partial charge in [0.15, 0.2) is 0 Å². The van der Waals surface area contributed by atoms with E-state index in [1.54, 1.807) is 0 Å². The maximum absolute atomic E-state index is 3.80. The molecule has 4 rings (SSSR count). The van der Waals surface area contributed by atoms with Gasteiger partial charge in [-0.1, -0.05) is 66.7 Å². The largest absolute Gasteiger partial charge is 0.374 e. The number of nitrogens with zero attached hydrogens (tertiary/aromatic N) is 2. The molecule has 3 heteroatoms. The fourth-order valence-electron chi connectivity index (χ4n) is 4.46. The molecule has 0 bridgehead atoms. The summed E-state index contributed by atoms with van der Waals surface area (Å²) in [5.41, 5.74) is 5.25. The number of benzene rings is 3. The molecule has 0 aromatic heterocycles. The maximum Gasteiger partial charge on any atom is 0.0767 e. The Labute approximate surface area is 187 Å². The summed E-state index contributed by atoms with van der Waals surface area (Å²) in [5.74, 6) is 0. The SMILES string of the molecule is CC(C)(C)N1CCCN(c2cccc(NC(c3ccccc3)c3ccccc3)c2)CC1. The third kappa shape index (κ3) is 5.48. The van der Waals surface area contributed by atoms with Crippen molar-refractivity contribution in [3.05, 3.63) is 96.1 Å². The van der Waals surface area contributed by atoms with Gasteiger partial charge in [0.2, 0.25) is 0 Å². The lowest BCUT2D eigenvalue weighted by Crippen LogP contribution is -2.43. The molecule has 0 saturated carbocycles. The Bertz CT molecular complexity index is 907. The minimum Gasteiger partial charge on any atom is -0.374 e. The van der Waals surface area contributed by atoms with Gasteiger partial charge in [-0.2, -0.15) is 0 Å². The summed E-state index contributed by atoms with van der Waals surface area (Å²) >= 11 is 0. The summed E-state index contributed by atoms with van der Waals surface area (Å²) in [6.07, 6.45) is 1.20. The fourth-order valence-corrected chi connectivity index (χ4v) is 4.46. The van der Waals surface area contributed by atoms with Crippen LogP contribution in [0.5, 0.6) is 0 Å². The lowest BCUT2D eigenvalue weighted by molar-refractivity contribution is 0.148. The second kappa shape index (κ2) is 9.57. The Morgan fingerprint density at radius 3 is 1.97 bits per heavy atom. The Balaban J connectivity index is 1.54. The molecule has 0 radical (unpaired) electrons. The van der Waals surface area contributed by atoms with Crippen molar-refractivity contribution in [3.8, 4) is 0 Å². The van der Waals surface area contributed by atoms with Crippen LogP contribution in [-0.2, 0) is 0 Å². The van der Waals surface area contributed by atoms with E-state index < -0.39 is 0 Å². The van der Waals surface area contributed by atoms with Gasteiger partial charge in [0, 0.05) is 43.1 Å². The van der Waals surface area contributed by atoms with Gasteiger partial charge in [0.25, 0.3) is 0 Å². The molecular formula is C28H35N3. The highest BCUT2D eigenvalue weighted by molar-refractivity contribution is 5.60. The molecular weight excluding hydrogens is 378 g/mol. The Morgan fingerprint density at radius 2 is 1.35 bits per heavy atom.